The molecule has 0 saturated heterocycles. The van der Waals surface area contributed by atoms with Crippen molar-refractivity contribution in [3.8, 4) is 5.69 Å². The minimum Gasteiger partial charge on any atom is -0.454 e. The summed E-state index contributed by atoms with van der Waals surface area (Å²) in [5.41, 5.74) is 6.87. The van der Waals surface area contributed by atoms with Crippen molar-refractivity contribution in [1.29, 1.82) is 0 Å². The second kappa shape index (κ2) is 8.37. The van der Waals surface area contributed by atoms with Crippen molar-refractivity contribution in [3.63, 3.8) is 0 Å². The van der Waals surface area contributed by atoms with E-state index in [-0.39, 0.29) is 0 Å². The normalized spacial score (nSPS) is 10.7. The molecule has 0 aliphatic heterocycles. The lowest BCUT2D eigenvalue weighted by Crippen LogP contribution is -1.93. The smallest absolute Gasteiger partial charge is 0.153 e. The molecule has 30 heavy (non-hydrogen) atoms. The summed E-state index contributed by atoms with van der Waals surface area (Å²) in [4.78, 5) is 9.11. The first-order valence-corrected chi connectivity index (χ1v) is 10.5. The highest BCUT2D eigenvalue weighted by molar-refractivity contribution is 6.08. The van der Waals surface area contributed by atoms with Crippen LogP contribution in [0, 0.1) is 0 Å². The van der Waals surface area contributed by atoms with Crippen LogP contribution in [0.15, 0.2) is 83.5 Å². The second-order valence-electron chi connectivity index (χ2n) is 6.36. The largest absolute Gasteiger partial charge is 0.454 e. The van der Waals surface area contributed by atoms with Gasteiger partial charge in [-0.25, -0.2) is 0 Å². The lowest BCUT2D eigenvalue weighted by molar-refractivity contribution is 0.668. The van der Waals surface area contributed by atoms with Gasteiger partial charge in [0.25, 0.3) is 0 Å². The predicted molar refractivity (Wildman–Crippen MR) is 126 cm³/mol. The van der Waals surface area contributed by atoms with Crippen molar-refractivity contribution >= 4 is 44.0 Å². The van der Waals surface area contributed by atoms with Gasteiger partial charge in [-0.3, -0.25) is 9.97 Å². The highest BCUT2D eigenvalue weighted by Gasteiger charge is 2.14. The molecule has 4 aromatic heterocycles. The Balaban J connectivity index is 0.000000516. The van der Waals surface area contributed by atoms with E-state index in [2.05, 4.69) is 57.0 Å². The summed E-state index contributed by atoms with van der Waals surface area (Å²) in [7, 11) is 0. The molecule has 4 nitrogen and oxygen atoms in total. The Hall–Kier alpha value is -3.66. The Morgan fingerprint density at radius 1 is 0.633 bits per heavy atom. The zero-order valence-corrected chi connectivity index (χ0v) is 17.8. The summed E-state index contributed by atoms with van der Waals surface area (Å²) in [5, 5.41) is 2.17. The van der Waals surface area contributed by atoms with Gasteiger partial charge < -0.3 is 8.98 Å². The summed E-state index contributed by atoms with van der Waals surface area (Å²) in [5.74, 6) is 0. The molecule has 4 heteroatoms. The molecule has 4 heterocycles. The number of nitrogens with zero attached hydrogens (tertiary/aromatic N) is 3. The summed E-state index contributed by atoms with van der Waals surface area (Å²) in [6, 6.07) is 22.5. The Bertz CT molecular complexity index is 1390. The molecule has 6 aromatic rings. The molecule has 0 saturated carbocycles. The van der Waals surface area contributed by atoms with E-state index in [1.165, 1.54) is 0 Å². The first kappa shape index (κ1) is 19.6. The Morgan fingerprint density at radius 2 is 1.33 bits per heavy atom. The summed E-state index contributed by atoms with van der Waals surface area (Å²) in [6.07, 6.45) is 3.64. The lowest BCUT2D eigenvalue weighted by atomic mass is 10.2. The van der Waals surface area contributed by atoms with Gasteiger partial charge in [0, 0.05) is 28.9 Å². The van der Waals surface area contributed by atoms with Crippen LogP contribution in [0.2, 0.25) is 0 Å². The molecule has 0 unspecified atom stereocenters. The van der Waals surface area contributed by atoms with Crippen molar-refractivity contribution in [2.75, 3.05) is 0 Å². The SMILES string of the molecule is CC.CC.c1cnc2c(c1)oc1ccc(-n3c4ccccc4c4ncccc43)cc12. The molecule has 0 amide bonds. The highest BCUT2D eigenvalue weighted by atomic mass is 16.3. The Morgan fingerprint density at radius 3 is 2.17 bits per heavy atom. The lowest BCUT2D eigenvalue weighted by Gasteiger charge is -2.07. The molecule has 0 N–H and O–H groups in total. The Kier molecular flexibility index (Phi) is 5.48. The van der Waals surface area contributed by atoms with Crippen LogP contribution in [0.25, 0.3) is 49.7 Å². The van der Waals surface area contributed by atoms with E-state index in [1.807, 2.05) is 58.2 Å². The molecular formula is C26H25N3O. The van der Waals surface area contributed by atoms with Gasteiger partial charge in [-0.2, -0.15) is 0 Å². The van der Waals surface area contributed by atoms with Gasteiger partial charge in [-0.1, -0.05) is 45.9 Å². The van der Waals surface area contributed by atoms with Crippen LogP contribution in [0.1, 0.15) is 27.7 Å². The number of hydrogen-bond acceptors (Lipinski definition) is 3. The second-order valence-corrected chi connectivity index (χ2v) is 6.36. The number of furan rings is 1. The Labute approximate surface area is 175 Å². The number of hydrogen-bond donors (Lipinski definition) is 0. The molecule has 0 aliphatic rings. The van der Waals surface area contributed by atoms with Crippen LogP contribution in [-0.4, -0.2) is 14.5 Å². The monoisotopic (exact) mass is 395 g/mol. The van der Waals surface area contributed by atoms with Gasteiger partial charge >= 0.3 is 0 Å². The van der Waals surface area contributed by atoms with Crippen molar-refractivity contribution in [2.24, 2.45) is 0 Å². The molecule has 0 atom stereocenters. The van der Waals surface area contributed by atoms with Gasteiger partial charge in [0.2, 0.25) is 0 Å². The topological polar surface area (TPSA) is 43.9 Å². The van der Waals surface area contributed by atoms with Crippen LogP contribution in [0.4, 0.5) is 0 Å². The fraction of sp³-hybridized carbons (Fsp3) is 0.154. The molecular weight excluding hydrogens is 370 g/mol. The fourth-order valence-electron chi connectivity index (χ4n) is 3.79. The average Bonchev–Trinajstić information content (AvgIpc) is 3.37. The maximum absolute atomic E-state index is 5.92. The number of fused-ring (bicyclic) bond motifs is 6. The predicted octanol–water partition coefficient (Wildman–Crippen LogP) is 7.53. The van der Waals surface area contributed by atoms with Crippen molar-refractivity contribution < 1.29 is 4.42 Å². The van der Waals surface area contributed by atoms with Crippen LogP contribution in [0.5, 0.6) is 0 Å². The van der Waals surface area contributed by atoms with Gasteiger partial charge in [0.1, 0.15) is 11.1 Å². The van der Waals surface area contributed by atoms with Crippen molar-refractivity contribution in [3.05, 3.63) is 79.1 Å². The summed E-state index contributed by atoms with van der Waals surface area (Å²) < 4.78 is 8.16. The van der Waals surface area contributed by atoms with E-state index in [0.717, 1.165) is 49.7 Å². The van der Waals surface area contributed by atoms with Gasteiger partial charge in [-0.15, -0.1) is 0 Å². The minimum atomic E-state index is 0.809. The molecule has 2 aromatic carbocycles. The van der Waals surface area contributed by atoms with Crippen molar-refractivity contribution in [1.82, 2.24) is 14.5 Å². The standard InChI is InChI=1S/C22H13N3O.2C2H6/c1-2-6-17-15(5-1)21-18(7-3-11-23-21)25(17)14-9-10-19-16(13-14)22-20(26-19)8-4-12-24-22;2*1-2/h1-13H;2*1-2H3. The molecule has 0 bridgehead atoms. The average molecular weight is 396 g/mol. The zero-order chi connectivity index (χ0) is 21.1. The van der Waals surface area contributed by atoms with Crippen LogP contribution >= 0.6 is 0 Å². The van der Waals surface area contributed by atoms with Gasteiger partial charge in [0.15, 0.2) is 5.58 Å². The highest BCUT2D eigenvalue weighted by Crippen LogP contribution is 2.33. The van der Waals surface area contributed by atoms with Crippen LogP contribution in [0.3, 0.4) is 0 Å². The quantitative estimate of drug-likeness (QED) is 0.289. The first-order chi connectivity index (χ1) is 14.9. The van der Waals surface area contributed by atoms with E-state index >= 15 is 0 Å². The first-order valence-electron chi connectivity index (χ1n) is 10.5. The number of pyridine rings is 2. The maximum Gasteiger partial charge on any atom is 0.153 e. The van der Waals surface area contributed by atoms with Crippen LogP contribution in [-0.2, 0) is 0 Å². The minimum absolute atomic E-state index is 0.809. The molecule has 6 rings (SSSR count). The van der Waals surface area contributed by atoms with E-state index in [9.17, 15) is 0 Å². The third-order valence-electron chi connectivity index (χ3n) is 4.89. The third-order valence-corrected chi connectivity index (χ3v) is 4.89. The van der Waals surface area contributed by atoms with E-state index in [4.69, 9.17) is 4.42 Å². The number of para-hydroxylation sites is 1. The molecule has 0 radical (unpaired) electrons. The molecule has 0 fully saturated rings. The number of aromatic nitrogens is 3. The van der Waals surface area contributed by atoms with Crippen LogP contribution < -0.4 is 0 Å². The maximum atomic E-state index is 5.92. The zero-order valence-electron chi connectivity index (χ0n) is 17.8. The number of rotatable bonds is 1. The summed E-state index contributed by atoms with van der Waals surface area (Å²) in [6.45, 7) is 8.00. The fourth-order valence-corrected chi connectivity index (χ4v) is 3.79. The van der Waals surface area contributed by atoms with Gasteiger partial charge in [-0.05, 0) is 48.5 Å². The van der Waals surface area contributed by atoms with E-state index < -0.39 is 0 Å². The van der Waals surface area contributed by atoms with E-state index in [1.54, 1.807) is 6.20 Å². The number of benzene rings is 2. The molecule has 0 aliphatic carbocycles. The van der Waals surface area contributed by atoms with Gasteiger partial charge in [0.05, 0.1) is 16.6 Å². The molecule has 0 spiro atoms. The molecule has 150 valence electrons. The van der Waals surface area contributed by atoms with Crippen molar-refractivity contribution in [2.45, 2.75) is 27.7 Å². The third kappa shape index (κ3) is 3.01. The summed E-state index contributed by atoms with van der Waals surface area (Å²) >= 11 is 0. The van der Waals surface area contributed by atoms with E-state index in [0.29, 0.717) is 0 Å².